The molecule has 1 amide bonds. The van der Waals surface area contributed by atoms with Gasteiger partial charge in [-0.3, -0.25) is 0 Å². The molecule has 25 heavy (non-hydrogen) atoms. The van der Waals surface area contributed by atoms with Crippen LogP contribution in [0.5, 0.6) is 0 Å². The summed E-state index contributed by atoms with van der Waals surface area (Å²) in [6.45, 7) is 10.6. The lowest BCUT2D eigenvalue weighted by Crippen LogP contribution is -2.55. The van der Waals surface area contributed by atoms with E-state index in [4.69, 9.17) is 13.9 Å². The van der Waals surface area contributed by atoms with Gasteiger partial charge in [0.05, 0.1) is 6.61 Å². The molecular formula is C15H27FN2O5SSi. The lowest BCUT2D eigenvalue weighted by Gasteiger charge is -2.41. The van der Waals surface area contributed by atoms with Gasteiger partial charge in [0, 0.05) is 7.05 Å². The first-order valence-electron chi connectivity index (χ1n) is 8.22. The lowest BCUT2D eigenvalue weighted by atomic mass is 10.0. The molecule has 0 bridgehead atoms. The number of thioether (sulfide) groups is 1. The molecule has 2 aliphatic heterocycles. The van der Waals surface area contributed by atoms with Crippen LogP contribution in [0.3, 0.4) is 0 Å². The fourth-order valence-electron chi connectivity index (χ4n) is 2.20. The van der Waals surface area contributed by atoms with Gasteiger partial charge in [-0.2, -0.15) is 0 Å². The van der Waals surface area contributed by atoms with Crippen LogP contribution >= 0.6 is 11.8 Å². The van der Waals surface area contributed by atoms with Gasteiger partial charge in [-0.1, -0.05) is 20.8 Å². The third-order valence-electron chi connectivity index (χ3n) is 4.89. The van der Waals surface area contributed by atoms with Crippen molar-refractivity contribution in [3.8, 4) is 0 Å². The van der Waals surface area contributed by atoms with Crippen molar-refractivity contribution in [3.05, 3.63) is 0 Å². The SMILES string of the molecule is CNC(=O)OC1=N[C@@H]2[C@@H](F)[C@H](O)[C@@H](CO[Si](C)(C)C(C)(C)C)O[C@@H]2S1. The van der Waals surface area contributed by atoms with Crippen LogP contribution in [0.4, 0.5) is 9.18 Å². The van der Waals surface area contributed by atoms with E-state index >= 15 is 0 Å². The second-order valence-corrected chi connectivity index (χ2v) is 13.6. The Morgan fingerprint density at radius 2 is 2.12 bits per heavy atom. The summed E-state index contributed by atoms with van der Waals surface area (Å²) in [6.07, 6.45) is -4.41. The van der Waals surface area contributed by atoms with Gasteiger partial charge in [0.1, 0.15) is 23.7 Å². The number of aliphatic hydroxyl groups is 1. The number of rotatable bonds is 3. The number of nitrogens with zero attached hydrogens (tertiary/aromatic N) is 1. The molecule has 1 fully saturated rings. The zero-order chi connectivity index (χ0) is 19.0. The maximum Gasteiger partial charge on any atom is 0.414 e. The zero-order valence-electron chi connectivity index (χ0n) is 15.4. The summed E-state index contributed by atoms with van der Waals surface area (Å²) in [5.41, 5.74) is -0.647. The summed E-state index contributed by atoms with van der Waals surface area (Å²) < 4.78 is 31.4. The summed E-state index contributed by atoms with van der Waals surface area (Å²) in [7, 11) is -0.622. The van der Waals surface area contributed by atoms with Crippen LogP contribution < -0.4 is 5.32 Å². The first kappa shape index (κ1) is 20.6. The minimum atomic E-state index is -2.04. The van der Waals surface area contributed by atoms with Crippen LogP contribution in [-0.4, -0.2) is 68.3 Å². The van der Waals surface area contributed by atoms with E-state index in [0.29, 0.717) is 0 Å². The number of ether oxygens (including phenoxy) is 2. The van der Waals surface area contributed by atoms with E-state index < -0.39 is 44.3 Å². The summed E-state index contributed by atoms with van der Waals surface area (Å²) in [5, 5.41) is 12.6. The van der Waals surface area contributed by atoms with E-state index in [9.17, 15) is 14.3 Å². The van der Waals surface area contributed by atoms with Gasteiger partial charge in [-0.15, -0.1) is 0 Å². The third kappa shape index (κ3) is 4.54. The van der Waals surface area contributed by atoms with Crippen molar-refractivity contribution in [2.45, 2.75) is 68.8 Å². The Hall–Kier alpha value is -0.683. The van der Waals surface area contributed by atoms with E-state index in [-0.39, 0.29) is 16.9 Å². The van der Waals surface area contributed by atoms with E-state index in [2.05, 4.69) is 44.2 Å². The quantitative estimate of drug-likeness (QED) is 0.714. The monoisotopic (exact) mass is 394 g/mol. The molecular weight excluding hydrogens is 367 g/mol. The highest BCUT2D eigenvalue weighted by atomic mass is 32.2. The van der Waals surface area contributed by atoms with Crippen molar-refractivity contribution in [2.75, 3.05) is 13.7 Å². The molecule has 7 nitrogen and oxygen atoms in total. The Bertz CT molecular complexity index is 543. The van der Waals surface area contributed by atoms with E-state index in [1.807, 2.05) is 0 Å². The molecule has 2 aliphatic rings. The number of aliphatic imine (C=N–C) groups is 1. The fourth-order valence-corrected chi connectivity index (χ4v) is 4.26. The molecule has 144 valence electrons. The Morgan fingerprint density at radius 3 is 2.68 bits per heavy atom. The van der Waals surface area contributed by atoms with Gasteiger partial charge in [0.25, 0.3) is 5.23 Å². The first-order valence-corrected chi connectivity index (χ1v) is 12.0. The van der Waals surface area contributed by atoms with Crippen LogP contribution in [-0.2, 0) is 13.9 Å². The summed E-state index contributed by atoms with van der Waals surface area (Å²) in [6, 6.07) is -0.899. The lowest BCUT2D eigenvalue weighted by molar-refractivity contribution is -0.143. The number of hydrogen-bond acceptors (Lipinski definition) is 7. The number of aliphatic hydroxyl groups excluding tert-OH is 1. The number of carbonyl (C=O) groups is 1. The summed E-state index contributed by atoms with van der Waals surface area (Å²) in [4.78, 5) is 15.3. The number of alkyl carbamates (subject to hydrolysis) is 1. The number of carbonyl (C=O) groups excluding carboxylic acids is 1. The molecule has 1 saturated heterocycles. The van der Waals surface area contributed by atoms with Gasteiger partial charge in [0.2, 0.25) is 0 Å². The normalized spacial score (nSPS) is 32.8. The number of fused-ring (bicyclic) bond motifs is 1. The number of halogens is 1. The van der Waals surface area contributed by atoms with Crippen molar-refractivity contribution in [2.24, 2.45) is 4.99 Å². The van der Waals surface area contributed by atoms with Crippen LogP contribution in [0, 0.1) is 0 Å². The van der Waals surface area contributed by atoms with E-state index in [0.717, 1.165) is 11.8 Å². The molecule has 0 spiro atoms. The minimum absolute atomic E-state index is 0.00398. The average Bonchev–Trinajstić information content (AvgIpc) is 2.90. The van der Waals surface area contributed by atoms with Crippen molar-refractivity contribution < 1.29 is 28.2 Å². The number of hydrogen-bond donors (Lipinski definition) is 2. The van der Waals surface area contributed by atoms with Gasteiger partial charge >= 0.3 is 6.09 Å². The Balaban J connectivity index is 2.00. The molecule has 0 aromatic rings. The van der Waals surface area contributed by atoms with Gasteiger partial charge in [-0.25, -0.2) is 14.2 Å². The van der Waals surface area contributed by atoms with Crippen molar-refractivity contribution in [1.82, 2.24) is 5.32 Å². The molecule has 0 saturated carbocycles. The molecule has 0 radical (unpaired) electrons. The molecule has 5 atom stereocenters. The molecule has 2 rings (SSSR count). The van der Waals surface area contributed by atoms with Gasteiger partial charge in [0.15, 0.2) is 14.5 Å². The number of amides is 1. The van der Waals surface area contributed by atoms with E-state index in [1.54, 1.807) is 0 Å². The molecule has 2 N–H and O–H groups in total. The number of alkyl halides is 1. The first-order chi connectivity index (χ1) is 11.5. The van der Waals surface area contributed by atoms with E-state index in [1.165, 1.54) is 7.05 Å². The molecule has 0 unspecified atom stereocenters. The Labute approximate surface area is 152 Å². The number of nitrogens with one attached hydrogen (secondary N) is 1. The van der Waals surface area contributed by atoms with Gasteiger partial charge < -0.3 is 24.3 Å². The summed E-state index contributed by atoms with van der Waals surface area (Å²) in [5.74, 6) is 0. The molecule has 0 aromatic heterocycles. The second kappa shape index (κ2) is 7.51. The zero-order valence-corrected chi connectivity index (χ0v) is 17.2. The molecule has 0 aliphatic carbocycles. The predicted molar refractivity (Wildman–Crippen MR) is 97.1 cm³/mol. The van der Waals surface area contributed by atoms with Crippen molar-refractivity contribution in [1.29, 1.82) is 0 Å². The van der Waals surface area contributed by atoms with Crippen LogP contribution in [0.15, 0.2) is 4.99 Å². The third-order valence-corrected chi connectivity index (χ3v) is 10.4. The largest absolute Gasteiger partial charge is 0.414 e. The Kier molecular flexibility index (Phi) is 6.20. The topological polar surface area (TPSA) is 89.4 Å². The second-order valence-electron chi connectivity index (χ2n) is 7.69. The smallest absolute Gasteiger partial charge is 0.414 e. The fraction of sp³-hybridized carbons (Fsp3) is 0.867. The molecule has 2 heterocycles. The van der Waals surface area contributed by atoms with Crippen molar-refractivity contribution in [3.63, 3.8) is 0 Å². The van der Waals surface area contributed by atoms with Gasteiger partial charge in [-0.05, 0) is 29.9 Å². The highest BCUT2D eigenvalue weighted by Gasteiger charge is 2.51. The molecule has 10 heteroatoms. The predicted octanol–water partition coefficient (Wildman–Crippen LogP) is 2.26. The highest BCUT2D eigenvalue weighted by molar-refractivity contribution is 8.14. The maximum atomic E-state index is 14.6. The standard InChI is InChI=1S/C15H27FN2O5SSi/c1-15(2,3)25(5,6)21-7-8-11(19)9(16)10-12(22-8)24-14(18-10)23-13(20)17-4/h8-12,19H,7H2,1-6H3,(H,17,20)/t8-,9-,10-,11-,12-/m1/s1. The van der Waals surface area contributed by atoms with Crippen molar-refractivity contribution >= 4 is 31.4 Å². The van der Waals surface area contributed by atoms with Crippen LogP contribution in [0.1, 0.15) is 20.8 Å². The minimum Gasteiger partial charge on any atom is -0.414 e. The Morgan fingerprint density at radius 1 is 1.48 bits per heavy atom. The highest BCUT2D eigenvalue weighted by Crippen LogP contribution is 2.40. The summed E-state index contributed by atoms with van der Waals surface area (Å²) >= 11 is 1.04. The van der Waals surface area contributed by atoms with Crippen LogP contribution in [0.25, 0.3) is 0 Å². The maximum absolute atomic E-state index is 14.6. The van der Waals surface area contributed by atoms with Crippen LogP contribution in [0.2, 0.25) is 18.1 Å². The average molecular weight is 395 g/mol. The molecule has 0 aromatic carbocycles.